The van der Waals surface area contributed by atoms with Crippen LogP contribution in [-0.2, 0) is 11.3 Å². The summed E-state index contributed by atoms with van der Waals surface area (Å²) in [5, 5.41) is 9.72. The van der Waals surface area contributed by atoms with Crippen molar-refractivity contribution in [2.24, 2.45) is 0 Å². The number of fused-ring (bicyclic) bond motifs is 1. The van der Waals surface area contributed by atoms with Crippen molar-refractivity contribution in [1.29, 1.82) is 0 Å². The van der Waals surface area contributed by atoms with Gasteiger partial charge in [-0.25, -0.2) is 0 Å². The zero-order chi connectivity index (χ0) is 8.72. The fourth-order valence-electron chi connectivity index (χ4n) is 1.29. The molecular formula is C7H7BClNO2. The van der Waals surface area contributed by atoms with Gasteiger partial charge < -0.3 is 15.4 Å². The van der Waals surface area contributed by atoms with Crippen LogP contribution in [0, 0.1) is 0 Å². The van der Waals surface area contributed by atoms with E-state index in [9.17, 15) is 5.02 Å². The molecule has 1 heterocycles. The lowest BCUT2D eigenvalue weighted by molar-refractivity contribution is 0.275. The summed E-state index contributed by atoms with van der Waals surface area (Å²) in [7, 11) is -0.920. The number of benzene rings is 1. The summed E-state index contributed by atoms with van der Waals surface area (Å²) in [5.41, 5.74) is 7.54. The van der Waals surface area contributed by atoms with Crippen LogP contribution in [0.4, 0.5) is 5.69 Å². The molecule has 0 bridgehead atoms. The second-order valence-corrected chi connectivity index (χ2v) is 3.08. The van der Waals surface area contributed by atoms with E-state index < -0.39 is 7.12 Å². The monoisotopic (exact) mass is 183 g/mol. The highest BCUT2D eigenvalue weighted by molar-refractivity contribution is 6.65. The summed E-state index contributed by atoms with van der Waals surface area (Å²) in [6.07, 6.45) is 0. The predicted octanol–water partition coefficient (Wildman–Crippen LogP) is 0.140. The molecule has 3 nitrogen and oxygen atoms in total. The third kappa shape index (κ3) is 1.000. The van der Waals surface area contributed by atoms with Crippen LogP contribution in [0.3, 0.4) is 0 Å². The normalized spacial score (nSPS) is 15.0. The molecule has 0 spiro atoms. The Bertz CT molecular complexity index is 331. The maximum absolute atomic E-state index is 9.32. The summed E-state index contributed by atoms with van der Waals surface area (Å²) in [5.74, 6) is 0. The van der Waals surface area contributed by atoms with E-state index in [4.69, 9.17) is 22.0 Å². The quantitative estimate of drug-likeness (QED) is 0.444. The number of rotatable bonds is 0. The maximum atomic E-state index is 9.32. The highest BCUT2D eigenvalue weighted by Gasteiger charge is 2.30. The summed E-state index contributed by atoms with van der Waals surface area (Å²) in [6, 6.07) is 3.52. The molecule has 3 N–H and O–H groups in total. The van der Waals surface area contributed by atoms with E-state index in [1.54, 1.807) is 6.07 Å². The van der Waals surface area contributed by atoms with Gasteiger partial charge in [0, 0.05) is 11.2 Å². The van der Waals surface area contributed by atoms with Crippen molar-refractivity contribution in [1.82, 2.24) is 0 Å². The van der Waals surface area contributed by atoms with Crippen molar-refractivity contribution in [3.05, 3.63) is 22.7 Å². The third-order valence-electron chi connectivity index (χ3n) is 1.94. The number of halogens is 1. The molecule has 1 aliphatic heterocycles. The summed E-state index contributed by atoms with van der Waals surface area (Å²) in [6.45, 7) is 0.399. The van der Waals surface area contributed by atoms with Gasteiger partial charge in [0.15, 0.2) is 0 Å². The number of hydrogen-bond donors (Lipinski definition) is 2. The average Bonchev–Trinajstić information content (AvgIpc) is 2.41. The molecule has 0 fully saturated rings. The van der Waals surface area contributed by atoms with Gasteiger partial charge in [-0.3, -0.25) is 0 Å². The molecule has 0 saturated heterocycles. The minimum absolute atomic E-state index is 0.399. The lowest BCUT2D eigenvalue weighted by Crippen LogP contribution is -2.29. The first-order valence-electron chi connectivity index (χ1n) is 3.56. The van der Waals surface area contributed by atoms with Crippen molar-refractivity contribution in [3.8, 4) is 0 Å². The van der Waals surface area contributed by atoms with Crippen LogP contribution >= 0.6 is 11.6 Å². The summed E-state index contributed by atoms with van der Waals surface area (Å²) < 4.78 is 4.97. The van der Waals surface area contributed by atoms with E-state index in [1.165, 1.54) is 0 Å². The lowest BCUT2D eigenvalue weighted by atomic mass is 9.79. The van der Waals surface area contributed by atoms with Gasteiger partial charge in [-0.05, 0) is 11.6 Å². The molecule has 1 aromatic carbocycles. The molecular weight excluding hydrogens is 176 g/mol. The third-order valence-corrected chi connectivity index (χ3v) is 2.37. The Kier molecular flexibility index (Phi) is 1.75. The van der Waals surface area contributed by atoms with Crippen molar-refractivity contribution < 1.29 is 9.68 Å². The molecule has 1 aromatic rings. The Morgan fingerprint density at radius 3 is 3.08 bits per heavy atom. The average molecular weight is 183 g/mol. The molecule has 1 aliphatic rings. The van der Waals surface area contributed by atoms with Gasteiger partial charge in [0.25, 0.3) is 0 Å². The van der Waals surface area contributed by atoms with Crippen LogP contribution in [0.1, 0.15) is 5.56 Å². The molecule has 0 aromatic heterocycles. The molecule has 62 valence electrons. The molecule has 0 atom stereocenters. The fraction of sp³-hybridized carbons (Fsp3) is 0.143. The fourth-order valence-corrected chi connectivity index (χ4v) is 1.57. The van der Waals surface area contributed by atoms with Crippen LogP contribution in [0.15, 0.2) is 12.1 Å². The van der Waals surface area contributed by atoms with Crippen LogP contribution in [0.25, 0.3) is 0 Å². The van der Waals surface area contributed by atoms with E-state index >= 15 is 0 Å². The van der Waals surface area contributed by atoms with Crippen molar-refractivity contribution in [3.63, 3.8) is 0 Å². The zero-order valence-electron chi connectivity index (χ0n) is 6.25. The zero-order valence-corrected chi connectivity index (χ0v) is 7.01. The molecule has 12 heavy (non-hydrogen) atoms. The topological polar surface area (TPSA) is 55.5 Å². The number of hydrogen-bond acceptors (Lipinski definition) is 3. The molecule has 2 rings (SSSR count). The largest absolute Gasteiger partial charge is 0.493 e. The van der Waals surface area contributed by atoms with E-state index in [1.807, 2.05) is 6.07 Å². The van der Waals surface area contributed by atoms with Crippen LogP contribution in [-0.4, -0.2) is 12.1 Å². The van der Waals surface area contributed by atoms with Gasteiger partial charge in [0.05, 0.1) is 11.6 Å². The van der Waals surface area contributed by atoms with Crippen LogP contribution < -0.4 is 11.2 Å². The Labute approximate surface area is 75.2 Å². The minimum Gasteiger partial charge on any atom is -0.423 e. The lowest BCUT2D eigenvalue weighted by Gasteiger charge is -2.03. The van der Waals surface area contributed by atoms with Crippen molar-refractivity contribution in [2.45, 2.75) is 6.61 Å². The smallest absolute Gasteiger partial charge is 0.423 e. The van der Waals surface area contributed by atoms with E-state index in [0.717, 1.165) is 5.56 Å². The van der Waals surface area contributed by atoms with Gasteiger partial charge in [0.2, 0.25) is 0 Å². The molecule has 0 saturated carbocycles. The number of anilines is 1. The maximum Gasteiger partial charge on any atom is 0.493 e. The molecule has 0 unspecified atom stereocenters. The standard InChI is InChI=1S/C7H7BClNO2/c9-7-5(10)2-1-4-3-12-8(11)6(4)7/h1-2,11H,3,10H2. The Balaban J connectivity index is 2.63. The predicted molar refractivity (Wildman–Crippen MR) is 48.3 cm³/mol. The SMILES string of the molecule is Nc1ccc2c(c1Cl)B(O)OC2. The van der Waals surface area contributed by atoms with Crippen LogP contribution in [0.5, 0.6) is 0 Å². The van der Waals surface area contributed by atoms with Crippen molar-refractivity contribution >= 4 is 29.9 Å². The van der Waals surface area contributed by atoms with Gasteiger partial charge in [-0.2, -0.15) is 0 Å². The second-order valence-electron chi connectivity index (χ2n) is 2.70. The first kappa shape index (κ1) is 7.92. The Hall–Kier alpha value is -0.705. The van der Waals surface area contributed by atoms with E-state index in [2.05, 4.69) is 0 Å². The second kappa shape index (κ2) is 2.66. The minimum atomic E-state index is -0.920. The van der Waals surface area contributed by atoms with E-state index in [0.29, 0.717) is 22.8 Å². The van der Waals surface area contributed by atoms with Gasteiger partial charge in [-0.1, -0.05) is 17.7 Å². The summed E-state index contributed by atoms with van der Waals surface area (Å²) in [4.78, 5) is 0. The highest BCUT2D eigenvalue weighted by atomic mass is 35.5. The Morgan fingerprint density at radius 2 is 2.33 bits per heavy atom. The number of nitrogen functional groups attached to an aromatic ring is 1. The highest BCUT2D eigenvalue weighted by Crippen LogP contribution is 2.22. The first-order chi connectivity index (χ1) is 5.70. The Morgan fingerprint density at radius 1 is 1.58 bits per heavy atom. The van der Waals surface area contributed by atoms with Gasteiger partial charge in [0.1, 0.15) is 0 Å². The van der Waals surface area contributed by atoms with E-state index in [-0.39, 0.29) is 0 Å². The van der Waals surface area contributed by atoms with Gasteiger partial charge >= 0.3 is 7.12 Å². The number of nitrogens with two attached hydrogens (primary N) is 1. The molecule has 0 amide bonds. The molecule has 0 radical (unpaired) electrons. The first-order valence-corrected chi connectivity index (χ1v) is 3.94. The summed E-state index contributed by atoms with van der Waals surface area (Å²) >= 11 is 5.87. The van der Waals surface area contributed by atoms with Crippen molar-refractivity contribution in [2.75, 3.05) is 5.73 Å². The van der Waals surface area contributed by atoms with Gasteiger partial charge in [-0.15, -0.1) is 0 Å². The van der Waals surface area contributed by atoms with Crippen LogP contribution in [0.2, 0.25) is 5.02 Å². The molecule has 5 heteroatoms. The molecule has 0 aliphatic carbocycles.